The maximum atomic E-state index is 8.58. The summed E-state index contributed by atoms with van der Waals surface area (Å²) in [4.78, 5) is 11.2. The number of amides is 1. The zero-order valence-electron chi connectivity index (χ0n) is 9.15. The number of primary amides is 1. The summed E-state index contributed by atoms with van der Waals surface area (Å²) in [6.45, 7) is 0. The van der Waals surface area contributed by atoms with Gasteiger partial charge in [-0.2, -0.15) is 0 Å². The largest absolute Gasteiger partial charge is 0.372 e. The van der Waals surface area contributed by atoms with E-state index in [2.05, 4.69) is 54.3 Å². The van der Waals surface area contributed by atoms with Crippen molar-refractivity contribution in [2.75, 3.05) is 0 Å². The fraction of sp³-hybridized carbons (Fsp3) is 0. The zero-order valence-corrected chi connectivity index (χ0v) is 10.8. The molecule has 2 aromatic carbocycles. The van der Waals surface area contributed by atoms with Gasteiger partial charge in [-0.3, -0.25) is 4.79 Å². The van der Waals surface area contributed by atoms with Crippen molar-refractivity contribution in [3.8, 4) is 0 Å². The van der Waals surface area contributed by atoms with E-state index in [9.17, 15) is 0 Å². The average Bonchev–Trinajstić information content (AvgIpc) is 2.40. The molecule has 0 aliphatic carbocycles. The predicted octanol–water partition coefficient (Wildman–Crippen LogP) is 3.59. The van der Waals surface area contributed by atoms with E-state index < -0.39 is 0 Å². The summed E-state index contributed by atoms with van der Waals surface area (Å²) in [6.07, 6.45) is 0.250. The molecule has 0 saturated carbocycles. The molecule has 0 fully saturated rings. The van der Waals surface area contributed by atoms with Gasteiger partial charge in [0.05, 0.1) is 0 Å². The number of rotatable bonds is 3. The first-order valence-electron chi connectivity index (χ1n) is 4.97. The Labute approximate surface area is 109 Å². The van der Waals surface area contributed by atoms with Crippen LogP contribution < -0.4 is 5.73 Å². The fourth-order valence-electron chi connectivity index (χ4n) is 1.05. The van der Waals surface area contributed by atoms with Crippen LogP contribution in [0, 0.1) is 0 Å². The number of carbonyl (C=O) groups is 1. The molecule has 0 unspecified atom stereocenters. The molecule has 0 aliphatic heterocycles. The Bertz CT molecular complexity index is 380. The van der Waals surface area contributed by atoms with E-state index in [0.29, 0.717) is 0 Å². The normalized spacial score (nSPS) is 8.94. The van der Waals surface area contributed by atoms with Crippen LogP contribution in [0.4, 0.5) is 0 Å². The van der Waals surface area contributed by atoms with Crippen molar-refractivity contribution < 1.29 is 4.79 Å². The second kappa shape index (κ2) is 8.73. The molecule has 0 atom stereocenters. The Balaban J connectivity index is 0.000000437. The monoisotopic (exact) mass is 263 g/mol. The number of benzene rings is 2. The molecule has 2 rings (SSSR count). The summed E-state index contributed by atoms with van der Waals surface area (Å²) in [5.41, 5.74) is 4.17. The van der Waals surface area contributed by atoms with Crippen molar-refractivity contribution in [3.05, 3.63) is 60.7 Å². The van der Waals surface area contributed by atoms with Gasteiger partial charge in [-0.25, -0.2) is 0 Å². The van der Waals surface area contributed by atoms with E-state index in [1.807, 2.05) is 12.1 Å². The first-order valence-corrected chi connectivity index (χ1v) is 7.12. The van der Waals surface area contributed by atoms with Crippen molar-refractivity contribution in [2.24, 2.45) is 5.73 Å². The van der Waals surface area contributed by atoms with Gasteiger partial charge in [0, 0.05) is 9.79 Å². The third-order valence-corrected chi connectivity index (χ3v) is 4.14. The molecular weight excluding hydrogens is 250 g/mol. The van der Waals surface area contributed by atoms with Crippen LogP contribution in [0.5, 0.6) is 0 Å². The lowest BCUT2D eigenvalue weighted by molar-refractivity contribution is -0.106. The molecule has 0 saturated heterocycles. The molecular formula is C13H13NOS2. The van der Waals surface area contributed by atoms with Gasteiger partial charge in [0.2, 0.25) is 6.41 Å². The maximum Gasteiger partial charge on any atom is 0.204 e. The highest BCUT2D eigenvalue weighted by Gasteiger charge is 1.94. The number of hydrogen-bond donors (Lipinski definition) is 1. The van der Waals surface area contributed by atoms with E-state index in [0.717, 1.165) is 0 Å². The van der Waals surface area contributed by atoms with Gasteiger partial charge in [-0.1, -0.05) is 58.0 Å². The Hall–Kier alpha value is -1.39. The lowest BCUT2D eigenvalue weighted by Crippen LogP contribution is -1.82. The Kier molecular flexibility index (Phi) is 7.02. The predicted molar refractivity (Wildman–Crippen MR) is 74.8 cm³/mol. The molecule has 2 aromatic rings. The van der Waals surface area contributed by atoms with Gasteiger partial charge in [-0.05, 0) is 24.3 Å². The number of hydrogen-bond acceptors (Lipinski definition) is 3. The van der Waals surface area contributed by atoms with Crippen molar-refractivity contribution in [1.82, 2.24) is 0 Å². The van der Waals surface area contributed by atoms with Crippen molar-refractivity contribution in [3.63, 3.8) is 0 Å². The third-order valence-electron chi connectivity index (χ3n) is 1.72. The fourth-order valence-corrected chi connectivity index (χ4v) is 3.02. The summed E-state index contributed by atoms with van der Waals surface area (Å²) < 4.78 is 0. The topological polar surface area (TPSA) is 43.1 Å². The quantitative estimate of drug-likeness (QED) is 0.680. The molecule has 4 heteroatoms. The van der Waals surface area contributed by atoms with Gasteiger partial charge in [0.1, 0.15) is 0 Å². The first-order chi connectivity index (χ1) is 8.36. The number of carbonyl (C=O) groups excluding carboxylic acids is 1. The minimum atomic E-state index is 0.250. The van der Waals surface area contributed by atoms with Crippen molar-refractivity contribution >= 4 is 28.0 Å². The van der Waals surface area contributed by atoms with Gasteiger partial charge in [-0.15, -0.1) is 0 Å². The zero-order chi connectivity index (χ0) is 12.3. The minimum Gasteiger partial charge on any atom is -0.372 e. The standard InChI is InChI=1S/C12H10S2.CH3NO/c1-3-7-11(8-4-1)13-14-12-9-5-2-6-10-12;2-1-3/h1-10H;1H,(H2,2,3). The van der Waals surface area contributed by atoms with Crippen molar-refractivity contribution in [1.29, 1.82) is 0 Å². The smallest absolute Gasteiger partial charge is 0.204 e. The Morgan fingerprint density at radius 2 is 1.06 bits per heavy atom. The maximum absolute atomic E-state index is 8.58. The lowest BCUT2D eigenvalue weighted by Gasteiger charge is -1.99. The van der Waals surface area contributed by atoms with E-state index in [4.69, 9.17) is 4.79 Å². The van der Waals surface area contributed by atoms with Gasteiger partial charge in [0.25, 0.3) is 0 Å². The second-order valence-electron chi connectivity index (χ2n) is 2.93. The van der Waals surface area contributed by atoms with Crippen LogP contribution >= 0.6 is 21.6 Å². The second-order valence-corrected chi connectivity index (χ2v) is 5.20. The van der Waals surface area contributed by atoms with E-state index in [-0.39, 0.29) is 6.41 Å². The Morgan fingerprint density at radius 1 is 0.765 bits per heavy atom. The van der Waals surface area contributed by atoms with E-state index in [1.54, 1.807) is 21.6 Å². The van der Waals surface area contributed by atoms with Crippen LogP contribution in [0.25, 0.3) is 0 Å². The summed E-state index contributed by atoms with van der Waals surface area (Å²) >= 11 is 0. The molecule has 1 amide bonds. The Morgan fingerprint density at radius 3 is 1.35 bits per heavy atom. The van der Waals surface area contributed by atoms with Gasteiger partial charge >= 0.3 is 0 Å². The minimum absolute atomic E-state index is 0.250. The lowest BCUT2D eigenvalue weighted by atomic mass is 10.4. The van der Waals surface area contributed by atoms with Crippen LogP contribution in [0.1, 0.15) is 0 Å². The van der Waals surface area contributed by atoms with Crippen LogP contribution in [0.2, 0.25) is 0 Å². The molecule has 88 valence electrons. The number of nitrogens with two attached hydrogens (primary N) is 1. The third kappa shape index (κ3) is 6.04. The van der Waals surface area contributed by atoms with Gasteiger partial charge < -0.3 is 5.73 Å². The van der Waals surface area contributed by atoms with Crippen LogP contribution in [0.15, 0.2) is 70.5 Å². The highest BCUT2D eigenvalue weighted by molar-refractivity contribution is 8.76. The highest BCUT2D eigenvalue weighted by Crippen LogP contribution is 2.36. The molecule has 0 heterocycles. The molecule has 0 aromatic heterocycles. The summed E-state index contributed by atoms with van der Waals surface area (Å²) in [6, 6.07) is 20.8. The highest BCUT2D eigenvalue weighted by atomic mass is 33.1. The van der Waals surface area contributed by atoms with Crippen LogP contribution in [-0.4, -0.2) is 6.41 Å². The van der Waals surface area contributed by atoms with Crippen molar-refractivity contribution in [2.45, 2.75) is 9.79 Å². The summed E-state index contributed by atoms with van der Waals surface area (Å²) in [5.74, 6) is 0. The summed E-state index contributed by atoms with van der Waals surface area (Å²) in [7, 11) is 3.58. The molecule has 0 aliphatic rings. The van der Waals surface area contributed by atoms with E-state index >= 15 is 0 Å². The summed E-state index contributed by atoms with van der Waals surface area (Å²) in [5, 5.41) is 0. The molecule has 2 N–H and O–H groups in total. The van der Waals surface area contributed by atoms with Gasteiger partial charge in [0.15, 0.2) is 0 Å². The molecule has 2 nitrogen and oxygen atoms in total. The SMILES string of the molecule is NC=O.c1ccc(SSc2ccccc2)cc1. The molecule has 17 heavy (non-hydrogen) atoms. The average molecular weight is 263 g/mol. The van der Waals surface area contributed by atoms with E-state index in [1.165, 1.54) is 9.79 Å². The van der Waals surface area contributed by atoms with Crippen LogP contribution in [0.3, 0.4) is 0 Å². The molecule has 0 bridgehead atoms. The molecule has 0 spiro atoms. The first kappa shape index (κ1) is 13.7. The van der Waals surface area contributed by atoms with Crippen LogP contribution in [-0.2, 0) is 4.79 Å². The molecule has 0 radical (unpaired) electrons.